The van der Waals surface area contributed by atoms with Gasteiger partial charge in [-0.3, -0.25) is 0 Å². The van der Waals surface area contributed by atoms with Gasteiger partial charge in [-0.1, -0.05) is 44.2 Å². The molecule has 0 heterocycles. The number of hydrogen-bond acceptors (Lipinski definition) is 2. The fraction of sp³-hybridized carbons (Fsp3) is 0.600. The summed E-state index contributed by atoms with van der Waals surface area (Å²) in [5, 5.41) is 0. The highest BCUT2D eigenvalue weighted by molar-refractivity contribution is 7.89. The summed E-state index contributed by atoms with van der Waals surface area (Å²) in [6, 6.07) is 9.71. The first-order chi connectivity index (χ1) is 9.44. The molecule has 0 saturated carbocycles. The number of alkyl halides is 1. The molecule has 2 unspecified atom stereocenters. The van der Waals surface area contributed by atoms with Gasteiger partial charge >= 0.3 is 0 Å². The summed E-state index contributed by atoms with van der Waals surface area (Å²) in [5.41, 5.74) is 1.05. The molecule has 0 amide bonds. The average Bonchev–Trinajstić information content (AvgIpc) is 2.43. The van der Waals surface area contributed by atoms with Crippen molar-refractivity contribution < 1.29 is 8.42 Å². The number of sulfonamides is 1. The van der Waals surface area contributed by atoms with Crippen LogP contribution in [-0.4, -0.2) is 26.6 Å². The van der Waals surface area contributed by atoms with Gasteiger partial charge < -0.3 is 0 Å². The average molecular weight is 318 g/mol. The fourth-order valence-electron chi connectivity index (χ4n) is 2.02. The Labute approximate surface area is 127 Å². The second-order valence-electron chi connectivity index (χ2n) is 5.39. The zero-order valence-corrected chi connectivity index (χ0v) is 13.8. The molecule has 1 rings (SSSR count). The summed E-state index contributed by atoms with van der Waals surface area (Å²) >= 11 is 5.72. The summed E-state index contributed by atoms with van der Waals surface area (Å²) in [6.45, 7) is 4.49. The van der Waals surface area contributed by atoms with Crippen LogP contribution in [0, 0.1) is 5.92 Å². The molecule has 0 aromatic heterocycles. The predicted octanol–water partition coefficient (Wildman–Crippen LogP) is 3.36. The molecular formula is C15H24ClNO2S. The van der Waals surface area contributed by atoms with Gasteiger partial charge in [0.2, 0.25) is 10.0 Å². The normalized spacial score (nSPS) is 14.9. The lowest BCUT2D eigenvalue weighted by molar-refractivity contribution is 0.541. The third kappa shape index (κ3) is 6.73. The minimum atomic E-state index is -3.22. The first-order valence-corrected chi connectivity index (χ1v) is 9.21. The number of rotatable bonds is 9. The summed E-state index contributed by atoms with van der Waals surface area (Å²) in [5.74, 6) is 1.18. The third-order valence-electron chi connectivity index (χ3n) is 3.30. The lowest BCUT2D eigenvalue weighted by Crippen LogP contribution is -2.29. The van der Waals surface area contributed by atoms with Gasteiger partial charge in [-0.25, -0.2) is 13.1 Å². The van der Waals surface area contributed by atoms with Gasteiger partial charge in [0.05, 0.1) is 5.75 Å². The van der Waals surface area contributed by atoms with E-state index in [0.717, 1.165) is 18.4 Å². The lowest BCUT2D eigenvalue weighted by Gasteiger charge is -2.13. The van der Waals surface area contributed by atoms with Crippen molar-refractivity contribution in [1.82, 2.24) is 4.72 Å². The van der Waals surface area contributed by atoms with Crippen LogP contribution in [0.3, 0.4) is 0 Å². The standard InChI is InChI=1S/C15H24ClNO2S/c1-13(11-16)7-6-10-17-20(18,19)12-14(2)15-8-4-3-5-9-15/h3-5,8-9,13-14,17H,6-7,10-12H2,1-2H3. The smallest absolute Gasteiger partial charge is 0.212 e. The van der Waals surface area contributed by atoms with Crippen molar-refractivity contribution in [3.05, 3.63) is 35.9 Å². The highest BCUT2D eigenvalue weighted by atomic mass is 35.5. The van der Waals surface area contributed by atoms with E-state index in [-0.39, 0.29) is 11.7 Å². The Hall–Kier alpha value is -0.580. The molecule has 5 heteroatoms. The summed E-state index contributed by atoms with van der Waals surface area (Å²) in [4.78, 5) is 0. The van der Waals surface area contributed by atoms with Gasteiger partial charge in [-0.15, -0.1) is 11.6 Å². The minimum absolute atomic E-state index is 0.00420. The number of halogens is 1. The molecule has 114 valence electrons. The van der Waals surface area contributed by atoms with Crippen LogP contribution >= 0.6 is 11.6 Å². The Bertz CT molecular complexity index is 476. The van der Waals surface area contributed by atoms with Crippen molar-refractivity contribution in [1.29, 1.82) is 0 Å². The van der Waals surface area contributed by atoms with Crippen molar-refractivity contribution in [2.45, 2.75) is 32.6 Å². The molecular weight excluding hydrogens is 294 g/mol. The molecule has 1 N–H and O–H groups in total. The molecule has 0 bridgehead atoms. The van der Waals surface area contributed by atoms with Crippen molar-refractivity contribution in [2.75, 3.05) is 18.2 Å². The van der Waals surface area contributed by atoms with Crippen LogP contribution in [0.1, 0.15) is 38.2 Å². The molecule has 0 saturated heterocycles. The first kappa shape index (κ1) is 17.5. The Morgan fingerprint density at radius 1 is 1.20 bits per heavy atom. The van der Waals surface area contributed by atoms with Crippen molar-refractivity contribution in [2.24, 2.45) is 5.92 Å². The van der Waals surface area contributed by atoms with Crippen LogP contribution in [-0.2, 0) is 10.0 Å². The van der Waals surface area contributed by atoms with Gasteiger partial charge in [0, 0.05) is 12.4 Å². The molecule has 0 spiro atoms. The van der Waals surface area contributed by atoms with E-state index in [2.05, 4.69) is 11.6 Å². The topological polar surface area (TPSA) is 46.2 Å². The Morgan fingerprint density at radius 2 is 1.85 bits per heavy atom. The molecule has 1 aromatic rings. The largest absolute Gasteiger partial charge is 0.215 e. The second kappa shape index (κ2) is 8.65. The summed E-state index contributed by atoms with van der Waals surface area (Å²) in [7, 11) is -3.22. The second-order valence-corrected chi connectivity index (χ2v) is 7.55. The monoisotopic (exact) mass is 317 g/mol. The minimum Gasteiger partial charge on any atom is -0.215 e. The van der Waals surface area contributed by atoms with Gasteiger partial charge in [-0.2, -0.15) is 0 Å². The van der Waals surface area contributed by atoms with Crippen molar-refractivity contribution in [3.8, 4) is 0 Å². The summed E-state index contributed by atoms with van der Waals surface area (Å²) < 4.78 is 26.7. The molecule has 3 nitrogen and oxygen atoms in total. The molecule has 2 atom stereocenters. The van der Waals surface area contributed by atoms with E-state index in [1.807, 2.05) is 37.3 Å². The van der Waals surface area contributed by atoms with Crippen LogP contribution in [0.5, 0.6) is 0 Å². The number of benzene rings is 1. The lowest BCUT2D eigenvalue weighted by atomic mass is 10.0. The Kier molecular flexibility index (Phi) is 7.56. The molecule has 0 aliphatic rings. The van der Waals surface area contributed by atoms with E-state index in [0.29, 0.717) is 18.3 Å². The fourth-order valence-corrected chi connectivity index (χ4v) is 3.60. The van der Waals surface area contributed by atoms with Crippen LogP contribution in [0.2, 0.25) is 0 Å². The van der Waals surface area contributed by atoms with E-state index in [4.69, 9.17) is 11.6 Å². The van der Waals surface area contributed by atoms with Crippen LogP contribution in [0.4, 0.5) is 0 Å². The maximum atomic E-state index is 12.0. The third-order valence-corrected chi connectivity index (χ3v) is 5.41. The van der Waals surface area contributed by atoms with Crippen molar-refractivity contribution >= 4 is 21.6 Å². The van der Waals surface area contributed by atoms with E-state index in [1.54, 1.807) is 0 Å². The van der Waals surface area contributed by atoms with Crippen LogP contribution < -0.4 is 4.72 Å². The highest BCUT2D eigenvalue weighted by Crippen LogP contribution is 2.16. The zero-order chi connectivity index (χ0) is 15.0. The highest BCUT2D eigenvalue weighted by Gasteiger charge is 2.16. The van der Waals surface area contributed by atoms with Gasteiger partial charge in [0.25, 0.3) is 0 Å². The molecule has 0 aliphatic heterocycles. The maximum absolute atomic E-state index is 12.0. The maximum Gasteiger partial charge on any atom is 0.212 e. The zero-order valence-electron chi connectivity index (χ0n) is 12.2. The van der Waals surface area contributed by atoms with E-state index in [9.17, 15) is 8.42 Å². The van der Waals surface area contributed by atoms with E-state index >= 15 is 0 Å². The Morgan fingerprint density at radius 3 is 2.45 bits per heavy atom. The van der Waals surface area contributed by atoms with Crippen molar-refractivity contribution in [3.63, 3.8) is 0 Å². The van der Waals surface area contributed by atoms with E-state index in [1.165, 1.54) is 0 Å². The predicted molar refractivity (Wildman–Crippen MR) is 85.8 cm³/mol. The van der Waals surface area contributed by atoms with Gasteiger partial charge in [0.15, 0.2) is 0 Å². The first-order valence-electron chi connectivity index (χ1n) is 7.03. The molecule has 20 heavy (non-hydrogen) atoms. The number of hydrogen-bond donors (Lipinski definition) is 1. The quantitative estimate of drug-likeness (QED) is 0.560. The SMILES string of the molecule is CC(CCl)CCCNS(=O)(=O)CC(C)c1ccccc1. The molecule has 0 radical (unpaired) electrons. The molecule has 0 aliphatic carbocycles. The van der Waals surface area contributed by atoms with E-state index < -0.39 is 10.0 Å². The van der Waals surface area contributed by atoms with Crippen LogP contribution in [0.25, 0.3) is 0 Å². The molecule has 1 aromatic carbocycles. The van der Waals surface area contributed by atoms with Crippen LogP contribution in [0.15, 0.2) is 30.3 Å². The van der Waals surface area contributed by atoms with Gasteiger partial charge in [-0.05, 0) is 30.2 Å². The number of nitrogens with one attached hydrogen (secondary N) is 1. The van der Waals surface area contributed by atoms with Gasteiger partial charge in [0.1, 0.15) is 0 Å². The summed E-state index contributed by atoms with van der Waals surface area (Å²) in [6.07, 6.45) is 1.77. The Balaban J connectivity index is 2.38. The molecule has 0 fully saturated rings.